The van der Waals surface area contributed by atoms with Crippen LogP contribution in [0.3, 0.4) is 0 Å². The number of rotatable bonds is 10. The van der Waals surface area contributed by atoms with E-state index in [0.717, 1.165) is 62.5 Å². The van der Waals surface area contributed by atoms with Crippen molar-refractivity contribution in [2.45, 2.75) is 123 Å². The van der Waals surface area contributed by atoms with Gasteiger partial charge < -0.3 is 28.7 Å². The summed E-state index contributed by atoms with van der Waals surface area (Å²) in [5, 5.41) is 5.35. The number of benzene rings is 1. The highest BCUT2D eigenvalue weighted by atomic mass is 32.1. The molecule has 69 heavy (non-hydrogen) atoms. The minimum atomic E-state index is -0.855. The number of esters is 1. The highest BCUT2D eigenvalue weighted by Gasteiger charge is 2.45. The number of methoxy groups -OCH3 is 1. The number of urea groups is 1. The average Bonchev–Trinajstić information content (AvgIpc) is 3.95. The van der Waals surface area contributed by atoms with Crippen LogP contribution in [-0.2, 0) is 48.0 Å². The van der Waals surface area contributed by atoms with Crippen LogP contribution in [0, 0.1) is 17.3 Å². The molecule has 8 bridgehead atoms. The summed E-state index contributed by atoms with van der Waals surface area (Å²) in [6.07, 6.45) is 8.01. The van der Waals surface area contributed by atoms with E-state index in [4.69, 9.17) is 19.4 Å². The van der Waals surface area contributed by atoms with Crippen molar-refractivity contribution in [1.82, 2.24) is 39.7 Å². The molecule has 2 unspecified atom stereocenters. The number of aryl methyl sites for hydroxylation is 1. The number of aromatic nitrogens is 3. The first-order valence-corrected chi connectivity index (χ1v) is 25.3. The lowest BCUT2D eigenvalue weighted by Crippen LogP contribution is -2.67. The third-order valence-corrected chi connectivity index (χ3v) is 15.2. The second kappa shape index (κ2) is 20.7. The molecule has 16 nitrogen and oxygen atoms in total. The molecule has 5 aliphatic rings. The number of piperidine rings is 2. The Hall–Kier alpha value is -5.78. The molecule has 4 fully saturated rings. The molecule has 6 atom stereocenters. The smallest absolute Gasteiger partial charge is 0.324 e. The SMILES string of the molecule is C=CC(=O)N1CC2CCC1CN2C(=O)N(C)[C@H](C(=O)N=CC[C@H]1Cc2nc(cs2)-c2ccc3c(c2)c(c(-c2cccnc2[C@H](C)OC)n3CC)CC(C)(C)COC(=O)[C@@H]2CCCN(N2)C1=O)C(C)C. The Morgan fingerprint density at radius 2 is 1.86 bits per heavy atom. The van der Waals surface area contributed by atoms with Crippen LogP contribution in [0.2, 0.25) is 0 Å². The van der Waals surface area contributed by atoms with Crippen molar-refractivity contribution < 1.29 is 33.4 Å². The highest BCUT2D eigenvalue weighted by Crippen LogP contribution is 2.42. The maximum Gasteiger partial charge on any atom is 0.324 e. The fourth-order valence-corrected chi connectivity index (χ4v) is 11.6. The Bertz CT molecular complexity index is 2640. The predicted molar refractivity (Wildman–Crippen MR) is 266 cm³/mol. The Morgan fingerprint density at radius 3 is 2.55 bits per heavy atom. The molecule has 1 N–H and O–H groups in total. The molecule has 368 valence electrons. The first-order chi connectivity index (χ1) is 33.0. The van der Waals surface area contributed by atoms with Crippen molar-refractivity contribution in [1.29, 1.82) is 0 Å². The summed E-state index contributed by atoms with van der Waals surface area (Å²) < 4.78 is 14.3. The summed E-state index contributed by atoms with van der Waals surface area (Å²) in [7, 11) is 3.32. The number of cyclic esters (lactones) is 1. The van der Waals surface area contributed by atoms with Crippen LogP contribution >= 0.6 is 11.3 Å². The maximum atomic E-state index is 14.6. The molecule has 5 aliphatic heterocycles. The number of hydrogen-bond acceptors (Lipinski definition) is 11. The van der Waals surface area contributed by atoms with Gasteiger partial charge in [0.2, 0.25) is 11.8 Å². The summed E-state index contributed by atoms with van der Waals surface area (Å²) >= 11 is 1.48. The highest BCUT2D eigenvalue weighted by molar-refractivity contribution is 7.10. The van der Waals surface area contributed by atoms with Gasteiger partial charge in [-0.05, 0) is 94.2 Å². The molecule has 0 aliphatic carbocycles. The fraction of sp³-hybridized carbons (Fsp3) is 0.538. The van der Waals surface area contributed by atoms with Gasteiger partial charge in [-0.25, -0.2) is 20.2 Å². The monoisotopic (exact) mass is 961 g/mol. The molecular formula is C52H67N9O7S. The van der Waals surface area contributed by atoms with Crippen molar-refractivity contribution in [3.8, 4) is 22.5 Å². The van der Waals surface area contributed by atoms with Gasteiger partial charge >= 0.3 is 12.0 Å². The molecule has 5 amide bonds. The molecule has 0 saturated carbocycles. The Labute approximate surface area is 409 Å². The van der Waals surface area contributed by atoms with Gasteiger partial charge in [0, 0.05) is 98.0 Å². The third kappa shape index (κ3) is 10.1. The van der Waals surface area contributed by atoms with Gasteiger partial charge in [-0.15, -0.1) is 11.3 Å². The lowest BCUT2D eigenvalue weighted by Gasteiger charge is -2.52. The van der Waals surface area contributed by atoms with Crippen LogP contribution in [0.1, 0.15) is 96.0 Å². The van der Waals surface area contributed by atoms with E-state index in [1.165, 1.54) is 33.5 Å². The van der Waals surface area contributed by atoms with Crippen LogP contribution < -0.4 is 5.43 Å². The van der Waals surface area contributed by atoms with Gasteiger partial charge in [-0.2, -0.15) is 0 Å². The number of carbonyl (C=O) groups is 5. The first-order valence-electron chi connectivity index (χ1n) is 24.4. The van der Waals surface area contributed by atoms with E-state index in [1.807, 2.05) is 32.2 Å². The molecule has 17 heteroatoms. The van der Waals surface area contributed by atoms with Gasteiger partial charge in [0.1, 0.15) is 12.1 Å². The van der Waals surface area contributed by atoms with Crippen molar-refractivity contribution in [3.05, 3.63) is 70.8 Å². The number of carbonyl (C=O) groups excluding carboxylic acids is 5. The molecule has 4 saturated heterocycles. The second-order valence-electron chi connectivity index (χ2n) is 20.1. The zero-order chi connectivity index (χ0) is 49.3. The first kappa shape index (κ1) is 49.6. The van der Waals surface area contributed by atoms with Crippen molar-refractivity contribution in [2.24, 2.45) is 22.2 Å². The van der Waals surface area contributed by atoms with Crippen LogP contribution in [-0.4, -0.2) is 135 Å². The molecule has 1 aromatic carbocycles. The molecule has 0 radical (unpaired) electrons. The summed E-state index contributed by atoms with van der Waals surface area (Å²) in [6.45, 7) is 17.8. The maximum absolute atomic E-state index is 14.6. The van der Waals surface area contributed by atoms with E-state index < -0.39 is 35.3 Å². The van der Waals surface area contributed by atoms with Gasteiger partial charge in [-0.1, -0.05) is 40.3 Å². The number of likely N-dealkylation sites (N-methyl/N-ethyl adjacent to an activating group) is 1. The zero-order valence-electron chi connectivity index (χ0n) is 41.3. The van der Waals surface area contributed by atoms with Crippen LogP contribution in [0.4, 0.5) is 4.79 Å². The standard InChI is InChI=1S/C52H67N9O7S/c1-10-44(62)59-27-36-18-17-35(59)28-60(36)51(66)57(8)46(31(3)4)48(63)54-22-20-34-25-43-55-41(29-69-43)33-16-19-42-38(24-33)39(47(58(42)11-2)37-14-12-21-53-45(37)32(5)67-9)26-52(6,7)30-68-50(65)40-15-13-23-61(56-40)49(34)64/h10,12,14,16,19,21-22,24,29,31-32,34-36,40,46,56H,1,11,13,15,17-18,20,23,25-28,30H2,2-9H3/t32-,34-,35?,36?,40-,46-/m0/s1. The van der Waals surface area contributed by atoms with E-state index >= 15 is 0 Å². The third-order valence-electron chi connectivity index (χ3n) is 14.4. The fourth-order valence-electron chi connectivity index (χ4n) is 10.7. The number of fused-ring (bicyclic) bond motifs is 9. The number of thiazole rings is 1. The van der Waals surface area contributed by atoms with Gasteiger partial charge in [0.05, 0.1) is 46.8 Å². The van der Waals surface area contributed by atoms with Gasteiger partial charge in [0.15, 0.2) is 0 Å². The number of piperazine rings is 1. The van der Waals surface area contributed by atoms with E-state index in [1.54, 1.807) is 30.2 Å². The summed E-state index contributed by atoms with van der Waals surface area (Å²) in [5.74, 6) is -2.22. The minimum Gasteiger partial charge on any atom is -0.464 e. The predicted octanol–water partition coefficient (Wildman–Crippen LogP) is 7.26. The lowest BCUT2D eigenvalue weighted by molar-refractivity contribution is -0.155. The van der Waals surface area contributed by atoms with E-state index in [2.05, 4.69) is 66.6 Å². The van der Waals surface area contributed by atoms with Gasteiger partial charge in [-0.3, -0.25) is 29.2 Å². The van der Waals surface area contributed by atoms with E-state index in [9.17, 15) is 24.0 Å². The van der Waals surface area contributed by atoms with Crippen LogP contribution in [0.15, 0.2) is 59.6 Å². The van der Waals surface area contributed by atoms with E-state index in [-0.39, 0.29) is 61.4 Å². The molecule has 0 spiro atoms. The largest absolute Gasteiger partial charge is 0.464 e. The Kier molecular flexibility index (Phi) is 14.9. The van der Waals surface area contributed by atoms with Crippen LogP contribution in [0.5, 0.6) is 0 Å². The summed E-state index contributed by atoms with van der Waals surface area (Å²) in [6, 6.07) is 8.38. The number of ether oxygens (including phenoxy) is 2. The minimum absolute atomic E-state index is 0.101. The molecule has 8 heterocycles. The Balaban J connectivity index is 1.10. The number of hydrazine groups is 1. The topological polar surface area (TPSA) is 172 Å². The normalized spacial score (nSPS) is 22.7. The summed E-state index contributed by atoms with van der Waals surface area (Å²) in [4.78, 5) is 88.3. The zero-order valence-corrected chi connectivity index (χ0v) is 42.1. The van der Waals surface area contributed by atoms with Crippen molar-refractivity contribution in [3.63, 3.8) is 0 Å². The quantitative estimate of drug-likeness (QED) is 0.0970. The Morgan fingerprint density at radius 1 is 1.10 bits per heavy atom. The van der Waals surface area contributed by atoms with E-state index in [0.29, 0.717) is 45.4 Å². The molecule has 9 rings (SSSR count). The van der Waals surface area contributed by atoms with Crippen molar-refractivity contribution in [2.75, 3.05) is 40.4 Å². The average molecular weight is 962 g/mol. The lowest BCUT2D eigenvalue weighted by atomic mass is 9.84. The van der Waals surface area contributed by atoms with Crippen molar-refractivity contribution >= 4 is 58.2 Å². The number of amides is 5. The second-order valence-corrected chi connectivity index (χ2v) is 21.1. The van der Waals surface area contributed by atoms with Gasteiger partial charge in [0.25, 0.3) is 5.91 Å². The number of nitrogens with zero attached hydrogens (tertiary/aromatic N) is 8. The number of pyridine rings is 1. The number of nitrogens with one attached hydrogen (secondary N) is 1. The number of aliphatic imine (C=N–C) groups is 1. The molecule has 3 aromatic heterocycles. The molecule has 4 aromatic rings. The number of hydrogen-bond donors (Lipinski definition) is 1. The molecular weight excluding hydrogens is 895 g/mol. The summed E-state index contributed by atoms with van der Waals surface area (Å²) in [5.41, 5.74) is 9.49. The van der Waals surface area contributed by atoms with Crippen LogP contribution in [0.25, 0.3) is 33.4 Å².